The van der Waals surface area contributed by atoms with Crippen LogP contribution in [0, 0.1) is 0 Å². The Hall–Kier alpha value is -2.63. The summed E-state index contributed by atoms with van der Waals surface area (Å²) in [5, 5.41) is 54.7. The number of unbranched alkanes of at least 4 members (excludes halogenated alkanes) is 37. The maximum atomic E-state index is 13.1. The molecule has 6 N–H and O–H groups in total. The van der Waals surface area contributed by atoms with E-state index in [9.17, 15) is 30.3 Å². The summed E-state index contributed by atoms with van der Waals surface area (Å²) in [6.07, 6.45) is 79.7. The Morgan fingerprint density at radius 3 is 1.19 bits per heavy atom. The minimum Gasteiger partial charge on any atom is -0.394 e. The SMILES string of the molecule is CC/C=C\C/C=C\C/C=C\C/C=C\C/C=C\CCCCCCCCCCCCCC(=O)NC(COC1OC(CO)C(O)C(O)C1O)C(O)/C=C/CC/C=C/CCCCCCCCCCCCCCCCCCCCCCCCCCC. The molecule has 1 fully saturated rings. The van der Waals surface area contributed by atoms with Gasteiger partial charge in [0.05, 0.1) is 25.4 Å². The normalized spacial score (nSPS) is 18.9. The first-order chi connectivity index (χ1) is 39.8. The van der Waals surface area contributed by atoms with E-state index in [0.29, 0.717) is 6.42 Å². The van der Waals surface area contributed by atoms with Crippen LogP contribution in [-0.4, -0.2) is 87.5 Å². The Morgan fingerprint density at radius 2 is 0.778 bits per heavy atom. The molecular weight excluding hydrogens is 1010 g/mol. The Morgan fingerprint density at radius 1 is 0.432 bits per heavy atom. The first kappa shape index (κ1) is 76.4. The second-order valence-electron chi connectivity index (χ2n) is 23.6. The lowest BCUT2D eigenvalue weighted by Crippen LogP contribution is -2.60. The summed E-state index contributed by atoms with van der Waals surface area (Å²) in [4.78, 5) is 13.1. The fraction of sp³-hybridized carbons (Fsp3) is 0.792. The number of carbonyl (C=O) groups is 1. The standard InChI is InChI=1S/C72H129NO8/c1-3-5-7-9-11-13-15-17-19-21-23-25-27-29-31-32-33-34-36-37-39-41-43-45-47-49-51-53-55-57-59-61-66(75)65(64-80-72-71(79)70(78)69(77)67(63-74)81-72)73-68(76)62-60-58-56-54-52-50-48-46-44-42-40-38-35-30-28-26-24-22-20-18-16-14-12-10-8-6-4-2/h6,8,12,14,18,20,24,26,30,35,51,53,59,61,65-67,69-72,74-75,77-79H,3-5,7,9-11,13,15-17,19,21-23,25,27-29,31-34,36-50,52,54-58,60,62-64H2,1-2H3,(H,73,76)/b8-6-,14-12-,20-18-,26-24-,35-30-,53-51+,61-59+. The van der Waals surface area contributed by atoms with E-state index < -0.39 is 49.5 Å². The van der Waals surface area contributed by atoms with E-state index >= 15 is 0 Å². The molecule has 7 unspecified atom stereocenters. The summed E-state index contributed by atoms with van der Waals surface area (Å²) in [5.41, 5.74) is 0. The number of ether oxygens (including phenoxy) is 2. The third kappa shape index (κ3) is 49.4. The van der Waals surface area contributed by atoms with E-state index in [4.69, 9.17) is 9.47 Å². The van der Waals surface area contributed by atoms with Gasteiger partial charge in [-0.2, -0.15) is 0 Å². The van der Waals surface area contributed by atoms with Crippen molar-refractivity contribution >= 4 is 5.91 Å². The zero-order chi connectivity index (χ0) is 58.6. The lowest BCUT2D eigenvalue weighted by atomic mass is 9.99. The number of allylic oxidation sites excluding steroid dienone is 13. The molecule has 0 aromatic rings. The molecular formula is C72H129NO8. The minimum absolute atomic E-state index is 0.190. The van der Waals surface area contributed by atoms with Gasteiger partial charge in [-0.15, -0.1) is 0 Å². The van der Waals surface area contributed by atoms with Crippen LogP contribution in [0.4, 0.5) is 0 Å². The highest BCUT2D eigenvalue weighted by Gasteiger charge is 2.44. The lowest BCUT2D eigenvalue weighted by Gasteiger charge is -2.40. The average molecular weight is 1140 g/mol. The van der Waals surface area contributed by atoms with Crippen LogP contribution < -0.4 is 5.32 Å². The molecule has 0 radical (unpaired) electrons. The van der Waals surface area contributed by atoms with Crippen LogP contribution in [0.2, 0.25) is 0 Å². The highest BCUT2D eigenvalue weighted by Crippen LogP contribution is 2.23. The number of rotatable bonds is 59. The number of hydrogen-bond acceptors (Lipinski definition) is 8. The molecule has 9 heteroatoms. The van der Waals surface area contributed by atoms with Gasteiger partial charge in [-0.3, -0.25) is 4.79 Å². The van der Waals surface area contributed by atoms with E-state index in [1.54, 1.807) is 6.08 Å². The molecule has 0 aromatic carbocycles. The van der Waals surface area contributed by atoms with Crippen molar-refractivity contribution in [2.24, 2.45) is 0 Å². The summed E-state index contributed by atoms with van der Waals surface area (Å²) in [6, 6.07) is -0.830. The highest BCUT2D eigenvalue weighted by atomic mass is 16.7. The van der Waals surface area contributed by atoms with E-state index in [-0.39, 0.29) is 12.5 Å². The van der Waals surface area contributed by atoms with Gasteiger partial charge in [-0.1, -0.05) is 311 Å². The topological polar surface area (TPSA) is 149 Å². The van der Waals surface area contributed by atoms with Crippen molar-refractivity contribution in [1.82, 2.24) is 5.32 Å². The molecule has 81 heavy (non-hydrogen) atoms. The van der Waals surface area contributed by atoms with Crippen molar-refractivity contribution < 1.29 is 39.8 Å². The molecule has 9 nitrogen and oxygen atoms in total. The first-order valence-corrected chi connectivity index (χ1v) is 34.3. The van der Waals surface area contributed by atoms with Gasteiger partial charge in [0.1, 0.15) is 24.4 Å². The average Bonchev–Trinajstić information content (AvgIpc) is 3.48. The summed E-state index contributed by atoms with van der Waals surface area (Å²) < 4.78 is 11.3. The van der Waals surface area contributed by atoms with Crippen molar-refractivity contribution in [2.45, 2.75) is 352 Å². The van der Waals surface area contributed by atoms with Crippen molar-refractivity contribution in [3.8, 4) is 0 Å². The molecule has 1 aliphatic heterocycles. The molecule has 1 rings (SSSR count). The molecule has 7 atom stereocenters. The molecule has 1 amide bonds. The quantitative estimate of drug-likeness (QED) is 0.0261. The maximum absolute atomic E-state index is 13.1. The summed E-state index contributed by atoms with van der Waals surface area (Å²) >= 11 is 0. The van der Waals surface area contributed by atoms with Crippen LogP contribution >= 0.6 is 0 Å². The largest absolute Gasteiger partial charge is 0.394 e. The van der Waals surface area contributed by atoms with Crippen LogP contribution in [0.25, 0.3) is 0 Å². The minimum atomic E-state index is -1.58. The number of amides is 1. The molecule has 0 bridgehead atoms. The van der Waals surface area contributed by atoms with Crippen molar-refractivity contribution in [1.29, 1.82) is 0 Å². The van der Waals surface area contributed by atoms with Gasteiger partial charge in [0.15, 0.2) is 6.29 Å². The number of aliphatic hydroxyl groups excluding tert-OH is 5. The summed E-state index contributed by atoms with van der Waals surface area (Å²) in [6.45, 7) is 3.68. The fourth-order valence-electron chi connectivity index (χ4n) is 10.6. The number of aliphatic hydroxyl groups is 5. The monoisotopic (exact) mass is 1140 g/mol. The Kier molecular flexibility index (Phi) is 57.0. The van der Waals surface area contributed by atoms with Gasteiger partial charge in [-0.25, -0.2) is 0 Å². The molecule has 1 heterocycles. The lowest BCUT2D eigenvalue weighted by molar-refractivity contribution is -0.302. The zero-order valence-corrected chi connectivity index (χ0v) is 52.5. The molecule has 1 saturated heterocycles. The molecule has 0 saturated carbocycles. The number of carbonyl (C=O) groups excluding carboxylic acids is 1. The predicted molar refractivity (Wildman–Crippen MR) is 345 cm³/mol. The molecule has 470 valence electrons. The van der Waals surface area contributed by atoms with Gasteiger partial charge in [0, 0.05) is 6.42 Å². The highest BCUT2D eigenvalue weighted by molar-refractivity contribution is 5.76. The van der Waals surface area contributed by atoms with Crippen LogP contribution in [-0.2, 0) is 14.3 Å². The zero-order valence-electron chi connectivity index (χ0n) is 52.5. The van der Waals surface area contributed by atoms with E-state index in [0.717, 1.165) is 77.0 Å². The third-order valence-electron chi connectivity index (χ3n) is 16.0. The summed E-state index contributed by atoms with van der Waals surface area (Å²) in [7, 11) is 0. The van der Waals surface area contributed by atoms with Crippen LogP contribution in [0.15, 0.2) is 85.1 Å². The van der Waals surface area contributed by atoms with Gasteiger partial charge < -0.3 is 40.3 Å². The predicted octanol–water partition coefficient (Wildman–Crippen LogP) is 18.5. The van der Waals surface area contributed by atoms with E-state index in [1.165, 1.54) is 212 Å². The second kappa shape index (κ2) is 60.5. The van der Waals surface area contributed by atoms with Gasteiger partial charge >= 0.3 is 0 Å². The summed E-state index contributed by atoms with van der Waals surface area (Å²) in [5.74, 6) is -0.190. The fourth-order valence-corrected chi connectivity index (χ4v) is 10.6. The van der Waals surface area contributed by atoms with Gasteiger partial charge in [-0.05, 0) is 77.0 Å². The van der Waals surface area contributed by atoms with Crippen LogP contribution in [0.1, 0.15) is 309 Å². The molecule has 0 aliphatic carbocycles. The third-order valence-corrected chi connectivity index (χ3v) is 16.0. The maximum Gasteiger partial charge on any atom is 0.220 e. The Labute approximate surface area is 499 Å². The van der Waals surface area contributed by atoms with Crippen LogP contribution in [0.5, 0.6) is 0 Å². The van der Waals surface area contributed by atoms with E-state index in [2.05, 4.69) is 92.1 Å². The van der Waals surface area contributed by atoms with Crippen molar-refractivity contribution in [3.63, 3.8) is 0 Å². The number of hydrogen-bond donors (Lipinski definition) is 6. The Bertz CT molecular complexity index is 1550. The number of nitrogens with one attached hydrogen (secondary N) is 1. The molecule has 0 aromatic heterocycles. The van der Waals surface area contributed by atoms with Crippen LogP contribution in [0.3, 0.4) is 0 Å². The molecule has 0 spiro atoms. The van der Waals surface area contributed by atoms with Crippen molar-refractivity contribution in [3.05, 3.63) is 85.1 Å². The van der Waals surface area contributed by atoms with Crippen molar-refractivity contribution in [2.75, 3.05) is 13.2 Å². The smallest absolute Gasteiger partial charge is 0.220 e. The second-order valence-corrected chi connectivity index (χ2v) is 23.6. The van der Waals surface area contributed by atoms with E-state index in [1.807, 2.05) is 6.08 Å². The first-order valence-electron chi connectivity index (χ1n) is 34.3. The molecule has 1 aliphatic rings. The Balaban J connectivity index is 2.17. The van der Waals surface area contributed by atoms with Gasteiger partial charge in [0.2, 0.25) is 5.91 Å². The van der Waals surface area contributed by atoms with Gasteiger partial charge in [0.25, 0.3) is 0 Å².